The maximum atomic E-state index is 5.55. The minimum absolute atomic E-state index is 0.563. The van der Waals surface area contributed by atoms with Crippen LogP contribution in [0.2, 0.25) is 0 Å². The highest BCUT2D eigenvalue weighted by Gasteiger charge is 2.20. The minimum Gasteiger partial charge on any atom is -0.330 e. The van der Waals surface area contributed by atoms with Crippen molar-refractivity contribution in [3.8, 4) is 0 Å². The number of nitrogens with zero attached hydrogens (tertiary/aromatic N) is 2. The van der Waals surface area contributed by atoms with Crippen molar-refractivity contribution in [2.24, 2.45) is 5.73 Å². The maximum absolute atomic E-state index is 5.55. The van der Waals surface area contributed by atoms with Gasteiger partial charge in [0.05, 0.1) is 10.7 Å². The molecule has 90 valence electrons. The van der Waals surface area contributed by atoms with E-state index in [1.54, 1.807) is 0 Å². The average Bonchev–Trinajstić information content (AvgIpc) is 2.69. The van der Waals surface area contributed by atoms with Gasteiger partial charge in [0, 0.05) is 30.3 Å². The second-order valence-corrected chi connectivity index (χ2v) is 5.86. The van der Waals surface area contributed by atoms with Gasteiger partial charge in [0.15, 0.2) is 0 Å². The maximum Gasteiger partial charge on any atom is 0.0957 e. The molecule has 0 spiro atoms. The minimum atomic E-state index is 0.563. The molecule has 0 fully saturated rings. The zero-order valence-corrected chi connectivity index (χ0v) is 11.0. The molecule has 0 unspecified atom stereocenters. The molecule has 0 amide bonds. The SMILES string of the molecule is CC(C)c1nc2c(s1)CN(CCCN)CC2. The van der Waals surface area contributed by atoms with Crippen molar-refractivity contribution in [1.82, 2.24) is 9.88 Å². The van der Waals surface area contributed by atoms with Crippen LogP contribution in [0.1, 0.15) is 41.8 Å². The molecular formula is C12H21N3S. The van der Waals surface area contributed by atoms with Gasteiger partial charge in [-0.3, -0.25) is 4.90 Å². The summed E-state index contributed by atoms with van der Waals surface area (Å²) in [6.07, 6.45) is 2.22. The molecule has 16 heavy (non-hydrogen) atoms. The van der Waals surface area contributed by atoms with E-state index in [0.29, 0.717) is 5.92 Å². The molecule has 0 radical (unpaired) electrons. The van der Waals surface area contributed by atoms with E-state index in [9.17, 15) is 0 Å². The van der Waals surface area contributed by atoms with Gasteiger partial charge < -0.3 is 5.73 Å². The van der Waals surface area contributed by atoms with Crippen molar-refractivity contribution >= 4 is 11.3 Å². The van der Waals surface area contributed by atoms with Crippen LogP contribution in [0.5, 0.6) is 0 Å². The van der Waals surface area contributed by atoms with Crippen LogP contribution in [0.15, 0.2) is 0 Å². The Balaban J connectivity index is 2.02. The van der Waals surface area contributed by atoms with E-state index >= 15 is 0 Å². The first-order valence-electron chi connectivity index (χ1n) is 6.11. The van der Waals surface area contributed by atoms with Crippen molar-refractivity contribution in [2.45, 2.75) is 39.2 Å². The number of thiazole rings is 1. The summed E-state index contributed by atoms with van der Waals surface area (Å²) < 4.78 is 0. The molecule has 0 atom stereocenters. The first-order valence-corrected chi connectivity index (χ1v) is 6.93. The van der Waals surface area contributed by atoms with Gasteiger partial charge in [-0.05, 0) is 19.5 Å². The third-order valence-corrected chi connectivity index (χ3v) is 4.38. The smallest absolute Gasteiger partial charge is 0.0957 e. The van der Waals surface area contributed by atoms with Gasteiger partial charge in [-0.1, -0.05) is 13.8 Å². The molecule has 0 aromatic carbocycles. The molecule has 0 bridgehead atoms. The molecule has 0 saturated heterocycles. The Morgan fingerprint density at radius 1 is 1.50 bits per heavy atom. The third kappa shape index (κ3) is 2.62. The quantitative estimate of drug-likeness (QED) is 0.873. The highest BCUT2D eigenvalue weighted by Crippen LogP contribution is 2.29. The second-order valence-electron chi connectivity index (χ2n) is 4.75. The van der Waals surface area contributed by atoms with E-state index in [1.165, 1.54) is 15.6 Å². The van der Waals surface area contributed by atoms with E-state index in [4.69, 9.17) is 10.7 Å². The Labute approximate surface area is 102 Å². The van der Waals surface area contributed by atoms with E-state index in [-0.39, 0.29) is 0 Å². The largest absolute Gasteiger partial charge is 0.330 e. The zero-order valence-electron chi connectivity index (χ0n) is 10.2. The summed E-state index contributed by atoms with van der Waals surface area (Å²) in [7, 11) is 0. The molecular weight excluding hydrogens is 218 g/mol. The molecule has 3 nitrogen and oxygen atoms in total. The second kappa shape index (κ2) is 5.25. The van der Waals surface area contributed by atoms with E-state index in [1.807, 2.05) is 11.3 Å². The number of nitrogens with two attached hydrogens (primary N) is 1. The Hall–Kier alpha value is -0.450. The van der Waals surface area contributed by atoms with Gasteiger partial charge in [-0.25, -0.2) is 4.98 Å². The van der Waals surface area contributed by atoms with E-state index in [2.05, 4.69) is 18.7 Å². The van der Waals surface area contributed by atoms with E-state index < -0.39 is 0 Å². The third-order valence-electron chi connectivity index (χ3n) is 3.00. The van der Waals surface area contributed by atoms with Gasteiger partial charge in [0.25, 0.3) is 0 Å². The fraction of sp³-hybridized carbons (Fsp3) is 0.750. The number of rotatable bonds is 4. The van der Waals surface area contributed by atoms with Gasteiger partial charge in [-0.15, -0.1) is 11.3 Å². The molecule has 0 saturated carbocycles. The topological polar surface area (TPSA) is 42.2 Å². The summed E-state index contributed by atoms with van der Waals surface area (Å²) in [5.41, 5.74) is 6.89. The highest BCUT2D eigenvalue weighted by molar-refractivity contribution is 7.11. The van der Waals surface area contributed by atoms with Gasteiger partial charge in [0.2, 0.25) is 0 Å². The van der Waals surface area contributed by atoms with Crippen LogP contribution in [-0.4, -0.2) is 29.5 Å². The van der Waals surface area contributed by atoms with Crippen molar-refractivity contribution in [3.05, 3.63) is 15.6 Å². The van der Waals surface area contributed by atoms with Gasteiger partial charge >= 0.3 is 0 Å². The summed E-state index contributed by atoms with van der Waals surface area (Å²) >= 11 is 1.90. The lowest BCUT2D eigenvalue weighted by Crippen LogP contribution is -2.31. The van der Waals surface area contributed by atoms with Crippen LogP contribution in [0, 0.1) is 0 Å². The lowest BCUT2D eigenvalue weighted by molar-refractivity contribution is 0.254. The molecule has 2 rings (SSSR count). The van der Waals surface area contributed by atoms with Crippen LogP contribution in [-0.2, 0) is 13.0 Å². The predicted molar refractivity (Wildman–Crippen MR) is 68.9 cm³/mol. The first kappa shape index (κ1) is 12.0. The Morgan fingerprint density at radius 2 is 2.31 bits per heavy atom. The molecule has 4 heteroatoms. The summed E-state index contributed by atoms with van der Waals surface area (Å²) in [5.74, 6) is 0.563. The normalized spacial score (nSPS) is 16.8. The Morgan fingerprint density at radius 3 is 3.00 bits per heavy atom. The fourth-order valence-corrected chi connectivity index (χ4v) is 3.18. The van der Waals surface area contributed by atoms with Crippen molar-refractivity contribution in [1.29, 1.82) is 0 Å². The number of aromatic nitrogens is 1. The molecule has 0 aliphatic carbocycles. The molecule has 1 aliphatic heterocycles. The van der Waals surface area contributed by atoms with Crippen molar-refractivity contribution in [3.63, 3.8) is 0 Å². The summed E-state index contributed by atoms with van der Waals surface area (Å²) in [6, 6.07) is 0. The lowest BCUT2D eigenvalue weighted by atomic mass is 10.1. The van der Waals surface area contributed by atoms with Crippen molar-refractivity contribution in [2.75, 3.05) is 19.6 Å². The summed E-state index contributed by atoms with van der Waals surface area (Å²) in [6.45, 7) is 8.59. The lowest BCUT2D eigenvalue weighted by Gasteiger charge is -2.25. The van der Waals surface area contributed by atoms with Crippen LogP contribution >= 0.6 is 11.3 Å². The van der Waals surface area contributed by atoms with Crippen LogP contribution in [0.25, 0.3) is 0 Å². The summed E-state index contributed by atoms with van der Waals surface area (Å²) in [4.78, 5) is 8.71. The average molecular weight is 239 g/mol. The molecule has 2 N–H and O–H groups in total. The standard InChI is InChI=1S/C12H21N3S/c1-9(2)12-14-10-4-7-15(6-3-5-13)8-11(10)16-12/h9H,3-8,13H2,1-2H3. The molecule has 2 heterocycles. The van der Waals surface area contributed by atoms with Crippen LogP contribution < -0.4 is 5.73 Å². The molecule has 1 aromatic heterocycles. The van der Waals surface area contributed by atoms with Gasteiger partial charge in [-0.2, -0.15) is 0 Å². The van der Waals surface area contributed by atoms with E-state index in [0.717, 1.165) is 39.0 Å². The number of hydrogen-bond donors (Lipinski definition) is 1. The first-order chi connectivity index (χ1) is 7.70. The Kier molecular flexibility index (Phi) is 3.95. The number of fused-ring (bicyclic) bond motifs is 1. The number of hydrogen-bond acceptors (Lipinski definition) is 4. The zero-order chi connectivity index (χ0) is 11.5. The van der Waals surface area contributed by atoms with Crippen molar-refractivity contribution < 1.29 is 0 Å². The monoisotopic (exact) mass is 239 g/mol. The van der Waals surface area contributed by atoms with Crippen LogP contribution in [0.3, 0.4) is 0 Å². The summed E-state index contributed by atoms with van der Waals surface area (Å²) in [5, 5.41) is 1.30. The molecule has 1 aromatic rings. The van der Waals surface area contributed by atoms with Crippen LogP contribution in [0.4, 0.5) is 0 Å². The highest BCUT2D eigenvalue weighted by atomic mass is 32.1. The Bertz CT molecular complexity index is 346. The fourth-order valence-electron chi connectivity index (χ4n) is 2.02. The van der Waals surface area contributed by atoms with Gasteiger partial charge in [0.1, 0.15) is 0 Å². The molecule has 1 aliphatic rings. The predicted octanol–water partition coefficient (Wildman–Crippen LogP) is 1.97.